The number of nitrogens with zero attached hydrogens (tertiary/aromatic N) is 1. The summed E-state index contributed by atoms with van der Waals surface area (Å²) in [5.74, 6) is 0. The van der Waals surface area contributed by atoms with E-state index in [0.29, 0.717) is 0 Å². The van der Waals surface area contributed by atoms with Crippen LogP contribution in [-0.4, -0.2) is 37.7 Å². The predicted molar refractivity (Wildman–Crippen MR) is 83.7 cm³/mol. The van der Waals surface area contributed by atoms with E-state index in [1.165, 1.54) is 24.0 Å². The largest absolute Gasteiger partial charge is 0.383 e. The number of ether oxygens (including phenoxy) is 1. The van der Waals surface area contributed by atoms with Crippen LogP contribution in [0.2, 0.25) is 0 Å². The average Bonchev–Trinajstić information content (AvgIpc) is 3.28. The average molecular weight is 274 g/mol. The Morgan fingerprint density at radius 1 is 1.30 bits per heavy atom. The maximum Gasteiger partial charge on any atom is 0.0589 e. The molecule has 1 N–H and O–H groups in total. The Hall–Kier alpha value is -1.16. The summed E-state index contributed by atoms with van der Waals surface area (Å²) in [6.07, 6.45) is 4.63. The maximum absolute atomic E-state index is 5.15. The van der Waals surface area contributed by atoms with Crippen molar-refractivity contribution >= 4 is 0 Å². The predicted octanol–water partition coefficient (Wildman–Crippen LogP) is 2.57. The van der Waals surface area contributed by atoms with Gasteiger partial charge >= 0.3 is 0 Å². The third-order valence-electron chi connectivity index (χ3n) is 3.60. The molecule has 1 saturated carbocycles. The third-order valence-corrected chi connectivity index (χ3v) is 3.60. The summed E-state index contributed by atoms with van der Waals surface area (Å²) in [7, 11) is 1.74. The van der Waals surface area contributed by atoms with Crippen molar-refractivity contribution in [3.8, 4) is 0 Å². The number of methoxy groups -OCH3 is 1. The van der Waals surface area contributed by atoms with Crippen LogP contribution in [0, 0.1) is 0 Å². The van der Waals surface area contributed by atoms with E-state index in [2.05, 4.69) is 41.1 Å². The van der Waals surface area contributed by atoms with Crippen LogP contribution in [0.4, 0.5) is 0 Å². The Labute approximate surface area is 122 Å². The minimum Gasteiger partial charge on any atom is -0.383 e. The Morgan fingerprint density at radius 2 is 2.00 bits per heavy atom. The first-order valence-electron chi connectivity index (χ1n) is 7.45. The molecule has 0 aliphatic heterocycles. The highest BCUT2D eigenvalue weighted by molar-refractivity contribution is 5.22. The van der Waals surface area contributed by atoms with Gasteiger partial charge in [-0.1, -0.05) is 30.3 Å². The summed E-state index contributed by atoms with van der Waals surface area (Å²) >= 11 is 0. The van der Waals surface area contributed by atoms with Crippen molar-refractivity contribution < 1.29 is 4.74 Å². The highest BCUT2D eigenvalue weighted by Crippen LogP contribution is 2.19. The van der Waals surface area contributed by atoms with Crippen LogP contribution in [0.3, 0.4) is 0 Å². The standard InChI is InChI=1S/C17H26N2O/c1-3-10-19(11-12-20-2)14-16-6-4-15(5-7-16)13-18-17-8-9-17/h3-7,17-18H,1,8-14H2,2H3. The normalized spacial score (nSPS) is 14.7. The van der Waals surface area contributed by atoms with Gasteiger partial charge in [0, 0.05) is 39.3 Å². The first-order valence-corrected chi connectivity index (χ1v) is 7.45. The third kappa shape index (κ3) is 5.45. The molecule has 3 nitrogen and oxygen atoms in total. The summed E-state index contributed by atoms with van der Waals surface area (Å²) in [6.45, 7) is 8.36. The quantitative estimate of drug-likeness (QED) is 0.664. The van der Waals surface area contributed by atoms with Crippen molar-refractivity contribution in [2.75, 3.05) is 26.8 Å². The zero-order chi connectivity index (χ0) is 14.2. The van der Waals surface area contributed by atoms with Gasteiger partial charge in [0.2, 0.25) is 0 Å². The van der Waals surface area contributed by atoms with E-state index in [-0.39, 0.29) is 0 Å². The van der Waals surface area contributed by atoms with E-state index in [9.17, 15) is 0 Å². The van der Waals surface area contributed by atoms with E-state index >= 15 is 0 Å². The Balaban J connectivity index is 1.81. The number of nitrogens with one attached hydrogen (secondary N) is 1. The van der Waals surface area contributed by atoms with E-state index in [1.54, 1.807) is 7.11 Å². The van der Waals surface area contributed by atoms with Crippen molar-refractivity contribution in [3.63, 3.8) is 0 Å². The summed E-state index contributed by atoms with van der Waals surface area (Å²) in [5, 5.41) is 3.54. The van der Waals surface area contributed by atoms with Gasteiger partial charge in [0.1, 0.15) is 0 Å². The Bertz CT molecular complexity index is 398. The summed E-state index contributed by atoms with van der Waals surface area (Å²) in [5.41, 5.74) is 2.71. The lowest BCUT2D eigenvalue weighted by Gasteiger charge is -2.20. The molecule has 1 fully saturated rings. The number of rotatable bonds is 10. The van der Waals surface area contributed by atoms with Gasteiger partial charge in [-0.3, -0.25) is 4.90 Å². The smallest absolute Gasteiger partial charge is 0.0589 e. The van der Waals surface area contributed by atoms with Crippen LogP contribution < -0.4 is 5.32 Å². The van der Waals surface area contributed by atoms with Crippen LogP contribution in [0.1, 0.15) is 24.0 Å². The van der Waals surface area contributed by atoms with Gasteiger partial charge in [-0.05, 0) is 24.0 Å². The van der Waals surface area contributed by atoms with Gasteiger partial charge in [-0.25, -0.2) is 0 Å². The lowest BCUT2D eigenvalue weighted by Crippen LogP contribution is -2.27. The molecular formula is C17H26N2O. The number of hydrogen-bond donors (Lipinski definition) is 1. The second-order valence-electron chi connectivity index (χ2n) is 5.49. The molecule has 0 unspecified atom stereocenters. The SMILES string of the molecule is C=CCN(CCOC)Cc1ccc(CNC2CC2)cc1. The molecule has 0 atom stereocenters. The molecule has 1 aromatic rings. The molecular weight excluding hydrogens is 248 g/mol. The molecule has 1 aromatic carbocycles. The molecule has 2 rings (SSSR count). The molecule has 0 spiro atoms. The fourth-order valence-corrected chi connectivity index (χ4v) is 2.21. The lowest BCUT2D eigenvalue weighted by atomic mass is 10.1. The molecule has 3 heteroatoms. The lowest BCUT2D eigenvalue weighted by molar-refractivity contribution is 0.151. The summed E-state index contributed by atoms with van der Waals surface area (Å²) in [4.78, 5) is 2.34. The monoisotopic (exact) mass is 274 g/mol. The van der Waals surface area contributed by atoms with Gasteiger partial charge in [-0.2, -0.15) is 0 Å². The minimum atomic E-state index is 0.761. The fraction of sp³-hybridized carbons (Fsp3) is 0.529. The minimum absolute atomic E-state index is 0.761. The fourth-order valence-electron chi connectivity index (χ4n) is 2.21. The Kier molecular flexibility index (Phi) is 6.25. The van der Waals surface area contributed by atoms with Gasteiger partial charge < -0.3 is 10.1 Å². The molecule has 1 aliphatic rings. The topological polar surface area (TPSA) is 24.5 Å². The summed E-state index contributed by atoms with van der Waals surface area (Å²) < 4.78 is 5.15. The van der Waals surface area contributed by atoms with Crippen LogP contribution in [0.5, 0.6) is 0 Å². The van der Waals surface area contributed by atoms with Crippen molar-refractivity contribution in [2.24, 2.45) is 0 Å². The molecule has 20 heavy (non-hydrogen) atoms. The molecule has 0 amide bonds. The Morgan fingerprint density at radius 3 is 2.60 bits per heavy atom. The first-order chi connectivity index (χ1) is 9.81. The molecule has 0 radical (unpaired) electrons. The molecule has 0 heterocycles. The second-order valence-corrected chi connectivity index (χ2v) is 5.49. The van der Waals surface area contributed by atoms with E-state index in [0.717, 1.165) is 38.8 Å². The van der Waals surface area contributed by atoms with Crippen molar-refractivity contribution in [1.82, 2.24) is 10.2 Å². The van der Waals surface area contributed by atoms with E-state index in [4.69, 9.17) is 4.74 Å². The number of hydrogen-bond acceptors (Lipinski definition) is 3. The van der Waals surface area contributed by atoms with Crippen LogP contribution >= 0.6 is 0 Å². The zero-order valence-corrected chi connectivity index (χ0v) is 12.5. The first kappa shape index (κ1) is 15.2. The highest BCUT2D eigenvalue weighted by atomic mass is 16.5. The molecule has 0 bridgehead atoms. The summed E-state index contributed by atoms with van der Waals surface area (Å²) in [6, 6.07) is 9.69. The zero-order valence-electron chi connectivity index (χ0n) is 12.5. The number of benzene rings is 1. The molecule has 110 valence electrons. The second kappa shape index (κ2) is 8.20. The molecule has 1 aliphatic carbocycles. The highest BCUT2D eigenvalue weighted by Gasteiger charge is 2.19. The van der Waals surface area contributed by atoms with E-state index in [1.807, 2.05) is 6.08 Å². The van der Waals surface area contributed by atoms with E-state index < -0.39 is 0 Å². The van der Waals surface area contributed by atoms with Gasteiger partial charge in [-0.15, -0.1) is 6.58 Å². The van der Waals surface area contributed by atoms with Gasteiger partial charge in [0.25, 0.3) is 0 Å². The van der Waals surface area contributed by atoms with Crippen LogP contribution in [-0.2, 0) is 17.8 Å². The van der Waals surface area contributed by atoms with Crippen LogP contribution in [0.25, 0.3) is 0 Å². The van der Waals surface area contributed by atoms with Crippen molar-refractivity contribution in [1.29, 1.82) is 0 Å². The maximum atomic E-state index is 5.15. The molecule has 0 aromatic heterocycles. The van der Waals surface area contributed by atoms with Crippen LogP contribution in [0.15, 0.2) is 36.9 Å². The van der Waals surface area contributed by atoms with Crippen molar-refractivity contribution in [3.05, 3.63) is 48.0 Å². The molecule has 0 saturated heterocycles. The van der Waals surface area contributed by atoms with Gasteiger partial charge in [0.15, 0.2) is 0 Å². The van der Waals surface area contributed by atoms with Gasteiger partial charge in [0.05, 0.1) is 6.61 Å². The van der Waals surface area contributed by atoms with Crippen molar-refractivity contribution in [2.45, 2.75) is 32.0 Å².